The van der Waals surface area contributed by atoms with Crippen LogP contribution in [0.3, 0.4) is 0 Å². The average Bonchev–Trinajstić information content (AvgIpc) is 2.79. The predicted octanol–water partition coefficient (Wildman–Crippen LogP) is 3.70. The summed E-state index contributed by atoms with van der Waals surface area (Å²) in [5.41, 5.74) is 2.96. The number of benzene rings is 1. The van der Waals surface area contributed by atoms with Crippen LogP contribution in [0.25, 0.3) is 5.57 Å². The molecule has 1 saturated heterocycles. The number of carbonyl (C=O) groups is 1. The van der Waals surface area contributed by atoms with Crippen LogP contribution >= 0.6 is 11.6 Å². The van der Waals surface area contributed by atoms with E-state index in [1.54, 1.807) is 7.11 Å². The molecule has 1 spiro atoms. The van der Waals surface area contributed by atoms with Crippen molar-refractivity contribution >= 4 is 23.1 Å². The van der Waals surface area contributed by atoms with E-state index in [1.807, 2.05) is 43.0 Å². The van der Waals surface area contributed by atoms with Gasteiger partial charge in [-0.05, 0) is 55.5 Å². The molecule has 0 N–H and O–H groups in total. The number of carbonyl (C=O) groups excluding carboxylic acids is 1. The molecule has 1 fully saturated rings. The van der Waals surface area contributed by atoms with Crippen molar-refractivity contribution in [1.29, 1.82) is 0 Å². The number of aryl methyl sites for hydroxylation is 2. The highest BCUT2D eigenvalue weighted by Crippen LogP contribution is 2.47. The molecule has 26 heavy (non-hydrogen) atoms. The van der Waals surface area contributed by atoms with Crippen LogP contribution in [0.15, 0.2) is 30.7 Å². The van der Waals surface area contributed by atoms with E-state index in [9.17, 15) is 4.79 Å². The number of amides is 1. The van der Waals surface area contributed by atoms with Crippen LogP contribution in [0.1, 0.15) is 29.5 Å². The molecule has 0 radical (unpaired) electrons. The van der Waals surface area contributed by atoms with Crippen LogP contribution in [0.5, 0.6) is 0 Å². The Morgan fingerprint density at radius 1 is 1.23 bits per heavy atom. The monoisotopic (exact) mass is 376 g/mol. The predicted molar refractivity (Wildman–Crippen MR) is 102 cm³/mol. The summed E-state index contributed by atoms with van der Waals surface area (Å²) in [4.78, 5) is 20.5. The van der Waals surface area contributed by atoms with Crippen molar-refractivity contribution in [1.82, 2.24) is 9.96 Å². The van der Waals surface area contributed by atoms with Crippen LogP contribution in [0, 0.1) is 13.8 Å². The van der Waals surface area contributed by atoms with Gasteiger partial charge in [0.15, 0.2) is 0 Å². The second-order valence-corrected chi connectivity index (χ2v) is 7.35. The third-order valence-corrected chi connectivity index (χ3v) is 5.78. The Labute approximate surface area is 159 Å². The normalized spacial score (nSPS) is 20.2. The van der Waals surface area contributed by atoms with Gasteiger partial charge in [-0.1, -0.05) is 18.2 Å². The quantitative estimate of drug-likeness (QED) is 0.751. The van der Waals surface area contributed by atoms with Crippen LogP contribution in [0.4, 0.5) is 0 Å². The maximum Gasteiger partial charge on any atom is 0.258 e. The summed E-state index contributed by atoms with van der Waals surface area (Å²) >= 11 is 6.19. The molecular weight excluding hydrogens is 352 g/mol. The molecule has 2 aliphatic rings. The van der Waals surface area contributed by atoms with Gasteiger partial charge in [0.05, 0.1) is 18.9 Å². The zero-order valence-electron chi connectivity index (χ0n) is 15.8. The number of halogens is 1. The molecule has 2 heterocycles. The number of likely N-dealkylation sites (N-methyl/N-ethyl adjacent to an activating group) is 1. The molecule has 5 nitrogen and oxygen atoms in total. The molecule has 6 heteroatoms. The van der Waals surface area contributed by atoms with Crippen molar-refractivity contribution in [2.45, 2.75) is 32.2 Å². The van der Waals surface area contributed by atoms with E-state index in [2.05, 4.69) is 6.58 Å². The first-order valence-corrected chi connectivity index (χ1v) is 9.10. The molecule has 2 aliphatic heterocycles. The maximum absolute atomic E-state index is 13.3. The second kappa shape index (κ2) is 7.06. The summed E-state index contributed by atoms with van der Waals surface area (Å²) < 4.78 is 5.90. The fraction of sp³-hybridized carbons (Fsp3) is 0.450. The third-order valence-electron chi connectivity index (χ3n) is 5.57. The summed E-state index contributed by atoms with van der Waals surface area (Å²) in [6.07, 6.45) is 2.88. The lowest BCUT2D eigenvalue weighted by molar-refractivity contribution is -0.162. The lowest BCUT2D eigenvalue weighted by Crippen LogP contribution is -2.53. The van der Waals surface area contributed by atoms with Gasteiger partial charge in [-0.3, -0.25) is 4.79 Å². The van der Waals surface area contributed by atoms with Crippen molar-refractivity contribution in [3.05, 3.63) is 52.4 Å². The van der Waals surface area contributed by atoms with Gasteiger partial charge in [-0.15, -0.1) is 0 Å². The summed E-state index contributed by atoms with van der Waals surface area (Å²) in [6, 6.07) is 3.77. The van der Waals surface area contributed by atoms with Gasteiger partial charge in [-0.2, -0.15) is 5.06 Å². The first-order valence-electron chi connectivity index (χ1n) is 8.72. The number of hydroxylamine groups is 2. The van der Waals surface area contributed by atoms with E-state index in [0.29, 0.717) is 16.4 Å². The zero-order valence-corrected chi connectivity index (χ0v) is 16.5. The minimum atomic E-state index is -0.478. The number of hydrogen-bond acceptors (Lipinski definition) is 4. The molecule has 1 amide bonds. The second-order valence-electron chi connectivity index (χ2n) is 6.91. The fourth-order valence-electron chi connectivity index (χ4n) is 4.22. The van der Waals surface area contributed by atoms with Crippen LogP contribution in [-0.4, -0.2) is 48.7 Å². The van der Waals surface area contributed by atoms with Crippen LogP contribution in [-0.2, 0) is 14.4 Å². The van der Waals surface area contributed by atoms with Crippen molar-refractivity contribution in [2.75, 3.05) is 27.2 Å². The number of piperidine rings is 1. The van der Waals surface area contributed by atoms with E-state index < -0.39 is 5.54 Å². The minimum absolute atomic E-state index is 0.0266. The fourth-order valence-corrected chi connectivity index (χ4v) is 4.55. The number of nitrogens with zero attached hydrogens (tertiary/aromatic N) is 2. The Kier molecular flexibility index (Phi) is 5.15. The number of rotatable bonds is 4. The highest BCUT2D eigenvalue weighted by molar-refractivity contribution is 6.31. The van der Waals surface area contributed by atoms with Gasteiger partial charge in [-0.25, -0.2) is 0 Å². The molecule has 0 unspecified atom stereocenters. The SMILES string of the molecule is C=COC1=C(c2c(C)cc(Cl)cc2C)C(=O)N(C)C12CCN(OC)CC2. The minimum Gasteiger partial charge on any atom is -0.467 e. The lowest BCUT2D eigenvalue weighted by Gasteiger charge is -2.43. The van der Waals surface area contributed by atoms with E-state index in [-0.39, 0.29) is 5.91 Å². The smallest absolute Gasteiger partial charge is 0.258 e. The van der Waals surface area contributed by atoms with Gasteiger partial charge >= 0.3 is 0 Å². The summed E-state index contributed by atoms with van der Waals surface area (Å²) in [7, 11) is 3.52. The van der Waals surface area contributed by atoms with Crippen molar-refractivity contribution in [2.24, 2.45) is 0 Å². The van der Waals surface area contributed by atoms with Gasteiger partial charge in [0.2, 0.25) is 0 Å². The maximum atomic E-state index is 13.3. The zero-order chi connectivity index (χ0) is 19.1. The van der Waals surface area contributed by atoms with Crippen LogP contribution < -0.4 is 0 Å². The molecular formula is C20H25ClN2O3. The topological polar surface area (TPSA) is 42.0 Å². The van der Waals surface area contributed by atoms with E-state index >= 15 is 0 Å². The largest absolute Gasteiger partial charge is 0.467 e. The van der Waals surface area contributed by atoms with Gasteiger partial charge < -0.3 is 14.5 Å². The van der Waals surface area contributed by atoms with Gasteiger partial charge in [0.25, 0.3) is 5.91 Å². The van der Waals surface area contributed by atoms with Crippen molar-refractivity contribution in [3.8, 4) is 0 Å². The van der Waals surface area contributed by atoms with Crippen molar-refractivity contribution < 1.29 is 14.4 Å². The third kappa shape index (κ3) is 2.84. The number of ether oxygens (including phenoxy) is 1. The summed E-state index contributed by atoms with van der Waals surface area (Å²) in [6.45, 7) is 9.12. The first-order chi connectivity index (χ1) is 12.4. The van der Waals surface area contributed by atoms with E-state index in [4.69, 9.17) is 21.2 Å². The van der Waals surface area contributed by atoms with Crippen molar-refractivity contribution in [3.63, 3.8) is 0 Å². The lowest BCUT2D eigenvalue weighted by atomic mass is 9.84. The molecule has 0 saturated carbocycles. The Hall–Kier alpha value is -1.82. The molecule has 0 aliphatic carbocycles. The standard InChI is InChI=1S/C20H25ClN2O3/c1-6-26-18-17(16-13(2)11-15(21)12-14(16)3)19(24)22(4)20(18)7-9-23(25-5)10-8-20/h6,11-12H,1,7-10H2,2-5H3. The highest BCUT2D eigenvalue weighted by Gasteiger charge is 2.53. The Bertz CT molecular complexity index is 756. The van der Waals surface area contributed by atoms with Gasteiger partial charge in [0.1, 0.15) is 11.3 Å². The first kappa shape index (κ1) is 19.0. The Morgan fingerprint density at radius 2 is 1.81 bits per heavy atom. The molecule has 140 valence electrons. The Morgan fingerprint density at radius 3 is 2.31 bits per heavy atom. The molecule has 0 aromatic heterocycles. The van der Waals surface area contributed by atoms with E-state index in [1.165, 1.54) is 6.26 Å². The molecule has 1 aromatic carbocycles. The molecule has 0 bridgehead atoms. The van der Waals surface area contributed by atoms with E-state index in [0.717, 1.165) is 42.6 Å². The summed E-state index contributed by atoms with van der Waals surface area (Å²) in [5, 5.41) is 2.57. The average molecular weight is 377 g/mol. The van der Waals surface area contributed by atoms with Crippen LogP contribution in [0.2, 0.25) is 5.02 Å². The highest BCUT2D eigenvalue weighted by atomic mass is 35.5. The van der Waals surface area contributed by atoms with Gasteiger partial charge in [0, 0.05) is 25.2 Å². The molecule has 1 aromatic rings. The summed E-state index contributed by atoms with van der Waals surface area (Å²) in [5.74, 6) is 0.658. The molecule has 3 rings (SSSR count). The molecule has 0 atom stereocenters. The number of hydrogen-bond donors (Lipinski definition) is 0. The Balaban J connectivity index is 2.18.